The number of likely N-dealkylation sites (tertiary alicyclic amines) is 1. The zero-order valence-corrected chi connectivity index (χ0v) is 12.2. The zero-order valence-electron chi connectivity index (χ0n) is 12.2. The molecule has 19 heavy (non-hydrogen) atoms. The fraction of sp³-hybridized carbons (Fsp3) is 0.929. The second-order valence-electron chi connectivity index (χ2n) is 6.27. The standard InChI is InChI=1S/C14H28N4O/c1-10(2)18-8-11-4-3-5-12(9-18)13(11)16-6-7-17-14(15)19/h10-13,16H,3-9H2,1-2H3,(H3,15,17,19). The van der Waals surface area contributed by atoms with Gasteiger partial charge in [-0.25, -0.2) is 4.79 Å². The number of carbonyl (C=O) groups is 1. The largest absolute Gasteiger partial charge is 0.352 e. The van der Waals surface area contributed by atoms with Crippen LogP contribution < -0.4 is 16.4 Å². The van der Waals surface area contributed by atoms with Crippen LogP contribution in [0.15, 0.2) is 0 Å². The molecule has 1 aliphatic carbocycles. The highest BCUT2D eigenvalue weighted by atomic mass is 16.2. The van der Waals surface area contributed by atoms with Gasteiger partial charge in [0.05, 0.1) is 0 Å². The van der Waals surface area contributed by atoms with E-state index >= 15 is 0 Å². The van der Waals surface area contributed by atoms with Gasteiger partial charge in [0, 0.05) is 38.3 Å². The summed E-state index contributed by atoms with van der Waals surface area (Å²) in [6, 6.07) is 0.843. The van der Waals surface area contributed by atoms with Gasteiger partial charge in [-0.1, -0.05) is 6.42 Å². The Labute approximate surface area is 116 Å². The minimum absolute atomic E-state index is 0.434. The Morgan fingerprint density at radius 3 is 2.42 bits per heavy atom. The minimum atomic E-state index is -0.434. The molecule has 0 radical (unpaired) electrons. The van der Waals surface area contributed by atoms with Crippen molar-refractivity contribution in [2.45, 2.75) is 45.2 Å². The smallest absolute Gasteiger partial charge is 0.312 e. The first-order chi connectivity index (χ1) is 9.08. The van der Waals surface area contributed by atoms with E-state index in [1.807, 2.05) is 0 Å². The highest BCUT2D eigenvalue weighted by Crippen LogP contribution is 2.35. The Balaban J connectivity index is 1.82. The molecule has 2 amide bonds. The van der Waals surface area contributed by atoms with Crippen molar-refractivity contribution in [1.29, 1.82) is 0 Å². The van der Waals surface area contributed by atoms with Crippen LogP contribution >= 0.6 is 0 Å². The number of primary amides is 1. The van der Waals surface area contributed by atoms with Crippen molar-refractivity contribution >= 4 is 6.03 Å². The monoisotopic (exact) mass is 268 g/mol. The molecule has 110 valence electrons. The second kappa shape index (κ2) is 6.57. The molecule has 1 heterocycles. The Morgan fingerprint density at radius 2 is 1.89 bits per heavy atom. The number of hydrogen-bond acceptors (Lipinski definition) is 3. The number of carbonyl (C=O) groups excluding carboxylic acids is 1. The van der Waals surface area contributed by atoms with Crippen LogP contribution in [0.5, 0.6) is 0 Å². The van der Waals surface area contributed by atoms with Crippen molar-refractivity contribution in [1.82, 2.24) is 15.5 Å². The third-order valence-corrected chi connectivity index (χ3v) is 4.64. The van der Waals surface area contributed by atoms with E-state index in [0.717, 1.165) is 18.4 Å². The van der Waals surface area contributed by atoms with E-state index in [2.05, 4.69) is 29.4 Å². The van der Waals surface area contributed by atoms with Crippen molar-refractivity contribution in [2.75, 3.05) is 26.2 Å². The Morgan fingerprint density at radius 1 is 1.26 bits per heavy atom. The maximum absolute atomic E-state index is 10.6. The van der Waals surface area contributed by atoms with Gasteiger partial charge in [0.15, 0.2) is 0 Å². The Kier molecular flexibility index (Phi) is 5.05. The van der Waals surface area contributed by atoms with Crippen LogP contribution in [0.3, 0.4) is 0 Å². The summed E-state index contributed by atoms with van der Waals surface area (Å²) in [6.07, 6.45) is 4.04. The molecule has 2 fully saturated rings. The van der Waals surface area contributed by atoms with Crippen molar-refractivity contribution in [3.63, 3.8) is 0 Å². The van der Waals surface area contributed by atoms with Crippen molar-refractivity contribution in [2.24, 2.45) is 17.6 Å². The van der Waals surface area contributed by atoms with Gasteiger partial charge < -0.3 is 21.3 Å². The van der Waals surface area contributed by atoms with E-state index in [-0.39, 0.29) is 0 Å². The van der Waals surface area contributed by atoms with Gasteiger partial charge in [0.25, 0.3) is 0 Å². The summed E-state index contributed by atoms with van der Waals surface area (Å²) in [5.41, 5.74) is 5.07. The van der Waals surface area contributed by atoms with Gasteiger partial charge in [-0.15, -0.1) is 0 Å². The number of fused-ring (bicyclic) bond motifs is 2. The van der Waals surface area contributed by atoms with Crippen LogP contribution in [-0.4, -0.2) is 49.2 Å². The number of nitrogens with two attached hydrogens (primary N) is 1. The molecular weight excluding hydrogens is 240 g/mol. The fourth-order valence-electron chi connectivity index (χ4n) is 3.65. The summed E-state index contributed by atoms with van der Waals surface area (Å²) in [6.45, 7) is 8.46. The molecule has 2 rings (SSSR count). The summed E-state index contributed by atoms with van der Waals surface area (Å²) in [5.74, 6) is 1.53. The molecule has 2 bridgehead atoms. The Hall–Kier alpha value is -0.810. The van der Waals surface area contributed by atoms with Crippen LogP contribution in [-0.2, 0) is 0 Å². The maximum atomic E-state index is 10.6. The maximum Gasteiger partial charge on any atom is 0.312 e. The quantitative estimate of drug-likeness (QED) is 0.645. The minimum Gasteiger partial charge on any atom is -0.352 e. The van der Waals surface area contributed by atoms with Crippen LogP contribution in [0.4, 0.5) is 4.79 Å². The number of urea groups is 1. The van der Waals surface area contributed by atoms with E-state index in [1.165, 1.54) is 32.4 Å². The molecule has 2 unspecified atom stereocenters. The topological polar surface area (TPSA) is 70.4 Å². The van der Waals surface area contributed by atoms with Gasteiger partial charge in [-0.05, 0) is 38.5 Å². The third kappa shape index (κ3) is 3.83. The molecule has 0 spiro atoms. The summed E-state index contributed by atoms with van der Waals surface area (Å²) < 4.78 is 0. The number of rotatable bonds is 5. The molecule has 0 aromatic carbocycles. The number of piperidine rings is 1. The van der Waals surface area contributed by atoms with Gasteiger partial charge >= 0.3 is 6.03 Å². The van der Waals surface area contributed by atoms with Gasteiger partial charge in [-0.3, -0.25) is 0 Å². The first-order valence-electron chi connectivity index (χ1n) is 7.58. The van der Waals surface area contributed by atoms with E-state index < -0.39 is 6.03 Å². The molecule has 5 heteroatoms. The summed E-state index contributed by atoms with van der Waals surface area (Å²) in [5, 5.41) is 6.29. The van der Waals surface area contributed by atoms with E-state index in [4.69, 9.17) is 5.73 Å². The number of nitrogens with zero attached hydrogens (tertiary/aromatic N) is 1. The van der Waals surface area contributed by atoms with E-state index in [9.17, 15) is 4.79 Å². The zero-order chi connectivity index (χ0) is 13.8. The molecule has 1 saturated heterocycles. The molecule has 1 saturated carbocycles. The van der Waals surface area contributed by atoms with Crippen molar-refractivity contribution < 1.29 is 4.79 Å². The summed E-state index contributed by atoms with van der Waals surface area (Å²) >= 11 is 0. The number of nitrogens with one attached hydrogen (secondary N) is 2. The summed E-state index contributed by atoms with van der Waals surface area (Å²) in [7, 11) is 0. The molecular formula is C14H28N4O. The summed E-state index contributed by atoms with van der Waals surface area (Å²) in [4.78, 5) is 13.3. The lowest BCUT2D eigenvalue weighted by Gasteiger charge is -2.49. The van der Waals surface area contributed by atoms with Gasteiger partial charge in [0.2, 0.25) is 0 Å². The number of hydrogen-bond donors (Lipinski definition) is 3. The molecule has 1 aliphatic heterocycles. The van der Waals surface area contributed by atoms with Crippen LogP contribution in [0, 0.1) is 11.8 Å². The fourth-order valence-corrected chi connectivity index (χ4v) is 3.65. The van der Waals surface area contributed by atoms with Crippen LogP contribution in [0.2, 0.25) is 0 Å². The lowest BCUT2D eigenvalue weighted by molar-refractivity contribution is 0.0300. The third-order valence-electron chi connectivity index (χ3n) is 4.64. The lowest BCUT2D eigenvalue weighted by atomic mass is 9.73. The second-order valence-corrected chi connectivity index (χ2v) is 6.27. The molecule has 2 atom stereocenters. The molecule has 2 aliphatic rings. The van der Waals surface area contributed by atoms with Gasteiger partial charge in [-0.2, -0.15) is 0 Å². The highest BCUT2D eigenvalue weighted by Gasteiger charge is 2.39. The van der Waals surface area contributed by atoms with Crippen LogP contribution in [0.25, 0.3) is 0 Å². The Bertz CT molecular complexity index is 294. The SMILES string of the molecule is CC(C)N1CC2CCCC(C1)C2NCCNC(N)=O. The first kappa shape index (κ1) is 14.6. The van der Waals surface area contributed by atoms with Gasteiger partial charge in [0.1, 0.15) is 0 Å². The molecule has 0 aromatic heterocycles. The molecule has 4 N–H and O–H groups in total. The predicted octanol–water partition coefficient (Wildman–Crippen LogP) is 0.753. The lowest BCUT2D eigenvalue weighted by Crippen LogP contribution is -2.59. The number of amides is 2. The van der Waals surface area contributed by atoms with Crippen LogP contribution in [0.1, 0.15) is 33.1 Å². The van der Waals surface area contributed by atoms with Crippen molar-refractivity contribution in [3.8, 4) is 0 Å². The van der Waals surface area contributed by atoms with Crippen molar-refractivity contribution in [3.05, 3.63) is 0 Å². The normalized spacial score (nSPS) is 31.4. The van der Waals surface area contributed by atoms with E-state index in [0.29, 0.717) is 18.6 Å². The average Bonchev–Trinajstić information content (AvgIpc) is 2.33. The molecule has 0 aromatic rings. The highest BCUT2D eigenvalue weighted by molar-refractivity contribution is 5.71. The average molecular weight is 268 g/mol. The first-order valence-corrected chi connectivity index (χ1v) is 7.58. The predicted molar refractivity (Wildman–Crippen MR) is 76.9 cm³/mol. The molecule has 5 nitrogen and oxygen atoms in total. The van der Waals surface area contributed by atoms with E-state index in [1.54, 1.807) is 0 Å².